The van der Waals surface area contributed by atoms with E-state index in [0.717, 1.165) is 24.2 Å². The maximum absolute atomic E-state index is 8.97. The first-order valence-electron chi connectivity index (χ1n) is 4.93. The zero-order valence-electron chi connectivity index (χ0n) is 8.49. The van der Waals surface area contributed by atoms with Crippen LogP contribution in [0, 0.1) is 11.3 Å². The Bertz CT molecular complexity index is 369. The SMILES string of the molecule is CC(C)c1ccc(C2(C#N)CC2)nn1. The van der Waals surface area contributed by atoms with Gasteiger partial charge in [0.15, 0.2) is 0 Å². The number of nitriles is 1. The molecule has 2 rings (SSSR count). The van der Waals surface area contributed by atoms with Gasteiger partial charge >= 0.3 is 0 Å². The lowest BCUT2D eigenvalue weighted by atomic mass is 10.0. The molecule has 14 heavy (non-hydrogen) atoms. The van der Waals surface area contributed by atoms with Gasteiger partial charge in [-0.1, -0.05) is 13.8 Å². The molecule has 1 fully saturated rings. The average molecular weight is 187 g/mol. The summed E-state index contributed by atoms with van der Waals surface area (Å²) in [6.45, 7) is 4.17. The van der Waals surface area contributed by atoms with Gasteiger partial charge in [0.25, 0.3) is 0 Å². The monoisotopic (exact) mass is 187 g/mol. The third kappa shape index (κ3) is 1.37. The Hall–Kier alpha value is -1.43. The highest BCUT2D eigenvalue weighted by Gasteiger charge is 2.46. The van der Waals surface area contributed by atoms with Gasteiger partial charge in [0, 0.05) is 0 Å². The van der Waals surface area contributed by atoms with Gasteiger partial charge in [-0.3, -0.25) is 0 Å². The molecule has 0 N–H and O–H groups in total. The third-order valence-electron chi connectivity index (χ3n) is 2.73. The van der Waals surface area contributed by atoms with Crippen molar-refractivity contribution in [1.82, 2.24) is 10.2 Å². The van der Waals surface area contributed by atoms with Gasteiger partial charge in [0.1, 0.15) is 5.41 Å². The average Bonchev–Trinajstić information content (AvgIpc) is 2.99. The minimum absolute atomic E-state index is 0.303. The normalized spacial score (nSPS) is 17.9. The number of rotatable bonds is 2. The molecule has 1 saturated carbocycles. The minimum Gasteiger partial charge on any atom is -0.197 e. The zero-order valence-corrected chi connectivity index (χ0v) is 8.49. The summed E-state index contributed by atoms with van der Waals surface area (Å²) in [5, 5.41) is 17.2. The van der Waals surface area contributed by atoms with Crippen molar-refractivity contribution in [2.75, 3.05) is 0 Å². The van der Waals surface area contributed by atoms with Crippen LogP contribution >= 0.6 is 0 Å². The van der Waals surface area contributed by atoms with Gasteiger partial charge < -0.3 is 0 Å². The van der Waals surface area contributed by atoms with Gasteiger partial charge in [0.05, 0.1) is 17.5 Å². The highest BCUT2D eigenvalue weighted by molar-refractivity contribution is 5.33. The van der Waals surface area contributed by atoms with E-state index in [-0.39, 0.29) is 5.41 Å². The van der Waals surface area contributed by atoms with Crippen molar-refractivity contribution in [3.8, 4) is 6.07 Å². The van der Waals surface area contributed by atoms with Gasteiger partial charge in [0.2, 0.25) is 0 Å². The summed E-state index contributed by atoms with van der Waals surface area (Å²) in [5.41, 5.74) is 1.52. The van der Waals surface area contributed by atoms with Crippen molar-refractivity contribution in [3.05, 3.63) is 23.5 Å². The summed E-state index contributed by atoms with van der Waals surface area (Å²) in [4.78, 5) is 0. The van der Waals surface area contributed by atoms with Crippen LogP contribution in [-0.4, -0.2) is 10.2 Å². The van der Waals surface area contributed by atoms with Crippen molar-refractivity contribution in [2.24, 2.45) is 0 Å². The summed E-state index contributed by atoms with van der Waals surface area (Å²) in [6.07, 6.45) is 1.86. The molecule has 1 aromatic heterocycles. The van der Waals surface area contributed by atoms with Crippen LogP contribution in [0.2, 0.25) is 0 Å². The largest absolute Gasteiger partial charge is 0.197 e. The van der Waals surface area contributed by atoms with E-state index in [0.29, 0.717) is 5.92 Å². The molecule has 0 atom stereocenters. The third-order valence-corrected chi connectivity index (χ3v) is 2.73. The molecule has 0 aromatic carbocycles. The van der Waals surface area contributed by atoms with Gasteiger partial charge in [-0.15, -0.1) is 0 Å². The van der Waals surface area contributed by atoms with Crippen LogP contribution in [0.5, 0.6) is 0 Å². The Labute approximate surface area is 83.8 Å². The summed E-state index contributed by atoms with van der Waals surface area (Å²) in [7, 11) is 0. The van der Waals surface area contributed by atoms with Crippen LogP contribution in [0.4, 0.5) is 0 Å². The Balaban J connectivity index is 2.28. The molecular weight excluding hydrogens is 174 g/mol. The minimum atomic E-state index is -0.303. The highest BCUT2D eigenvalue weighted by Crippen LogP contribution is 2.46. The Morgan fingerprint density at radius 2 is 2.07 bits per heavy atom. The smallest absolute Gasteiger partial charge is 0.101 e. The lowest BCUT2D eigenvalue weighted by molar-refractivity contribution is 0.740. The molecule has 3 nitrogen and oxygen atoms in total. The Kier molecular flexibility index (Phi) is 1.99. The van der Waals surface area contributed by atoms with E-state index in [1.165, 1.54) is 0 Å². The van der Waals surface area contributed by atoms with Crippen molar-refractivity contribution in [3.63, 3.8) is 0 Å². The predicted octanol–water partition coefficient (Wildman–Crippen LogP) is 2.16. The molecule has 1 aliphatic carbocycles. The topological polar surface area (TPSA) is 49.6 Å². The van der Waals surface area contributed by atoms with Crippen LogP contribution in [0.1, 0.15) is 44.0 Å². The fraction of sp³-hybridized carbons (Fsp3) is 0.545. The van der Waals surface area contributed by atoms with E-state index in [1.807, 2.05) is 12.1 Å². The number of hydrogen-bond donors (Lipinski definition) is 0. The van der Waals surface area contributed by atoms with Gasteiger partial charge in [-0.05, 0) is 30.9 Å². The fourth-order valence-electron chi connectivity index (χ4n) is 1.46. The summed E-state index contributed by atoms with van der Waals surface area (Å²) < 4.78 is 0. The van der Waals surface area contributed by atoms with E-state index in [9.17, 15) is 0 Å². The van der Waals surface area contributed by atoms with Gasteiger partial charge in [-0.2, -0.15) is 15.5 Å². The molecule has 0 radical (unpaired) electrons. The van der Waals surface area contributed by atoms with Crippen LogP contribution in [0.25, 0.3) is 0 Å². The maximum Gasteiger partial charge on any atom is 0.101 e. The lowest BCUT2D eigenvalue weighted by Crippen LogP contribution is -2.08. The molecule has 1 heterocycles. The maximum atomic E-state index is 8.97. The first-order chi connectivity index (χ1) is 6.68. The van der Waals surface area contributed by atoms with E-state index < -0.39 is 0 Å². The van der Waals surface area contributed by atoms with E-state index >= 15 is 0 Å². The van der Waals surface area contributed by atoms with Crippen LogP contribution in [-0.2, 0) is 5.41 Å². The van der Waals surface area contributed by atoms with Crippen molar-refractivity contribution < 1.29 is 0 Å². The molecule has 0 spiro atoms. The fourth-order valence-corrected chi connectivity index (χ4v) is 1.46. The number of nitrogens with zero attached hydrogens (tertiary/aromatic N) is 3. The molecule has 0 bridgehead atoms. The predicted molar refractivity (Wildman–Crippen MR) is 52.6 cm³/mol. The molecular formula is C11H13N3. The van der Waals surface area contributed by atoms with E-state index in [2.05, 4.69) is 30.1 Å². The zero-order chi connectivity index (χ0) is 10.2. The first-order valence-corrected chi connectivity index (χ1v) is 4.93. The molecule has 72 valence electrons. The second kappa shape index (κ2) is 3.06. The molecule has 3 heteroatoms. The Morgan fingerprint density at radius 1 is 1.36 bits per heavy atom. The summed E-state index contributed by atoms with van der Waals surface area (Å²) in [6, 6.07) is 6.23. The standard InChI is InChI=1S/C11H13N3/c1-8(2)9-3-4-10(14-13-9)11(7-12)5-6-11/h3-4,8H,5-6H2,1-2H3. The second-order valence-corrected chi connectivity index (χ2v) is 4.19. The quantitative estimate of drug-likeness (QED) is 0.712. The molecule has 1 aromatic rings. The Morgan fingerprint density at radius 3 is 2.43 bits per heavy atom. The molecule has 0 saturated heterocycles. The first kappa shape index (κ1) is 9.14. The van der Waals surface area contributed by atoms with Crippen LogP contribution in [0.15, 0.2) is 12.1 Å². The molecule has 1 aliphatic rings. The number of aromatic nitrogens is 2. The highest BCUT2D eigenvalue weighted by atomic mass is 15.1. The second-order valence-electron chi connectivity index (χ2n) is 4.19. The van der Waals surface area contributed by atoms with Gasteiger partial charge in [-0.25, -0.2) is 0 Å². The molecule has 0 aliphatic heterocycles. The molecule has 0 unspecified atom stereocenters. The van der Waals surface area contributed by atoms with E-state index in [4.69, 9.17) is 5.26 Å². The van der Waals surface area contributed by atoms with Crippen LogP contribution in [0.3, 0.4) is 0 Å². The van der Waals surface area contributed by atoms with Crippen molar-refractivity contribution in [2.45, 2.75) is 38.0 Å². The van der Waals surface area contributed by atoms with Crippen LogP contribution < -0.4 is 0 Å². The van der Waals surface area contributed by atoms with E-state index in [1.54, 1.807) is 0 Å². The summed E-state index contributed by atoms with van der Waals surface area (Å²) in [5.74, 6) is 0.397. The van der Waals surface area contributed by atoms with Crippen molar-refractivity contribution in [1.29, 1.82) is 5.26 Å². The number of hydrogen-bond acceptors (Lipinski definition) is 3. The lowest BCUT2D eigenvalue weighted by Gasteiger charge is -2.06. The van der Waals surface area contributed by atoms with Crippen molar-refractivity contribution >= 4 is 0 Å². The molecule has 0 amide bonds. The summed E-state index contributed by atoms with van der Waals surface area (Å²) >= 11 is 0.